The van der Waals surface area contributed by atoms with Gasteiger partial charge in [0.1, 0.15) is 17.3 Å². The predicted molar refractivity (Wildman–Crippen MR) is 146 cm³/mol. The topological polar surface area (TPSA) is 76.1 Å². The van der Waals surface area contributed by atoms with E-state index in [0.29, 0.717) is 28.3 Å². The molecular formula is C31H33NO5. The quantitative estimate of drug-likeness (QED) is 0.242. The number of ether oxygens (including phenoxy) is 2. The maximum atomic E-state index is 13.6. The summed E-state index contributed by atoms with van der Waals surface area (Å²) >= 11 is 0. The number of anilines is 1. The van der Waals surface area contributed by atoms with E-state index >= 15 is 0 Å². The molecule has 0 aliphatic carbocycles. The SMILES string of the molecule is COc1ccc(C2/C(=C(\O)c3cc(C(C)C)c(OC)cc3C)C(=O)C(=O)N2c2ccc(C)cc2C)cc1. The summed E-state index contributed by atoms with van der Waals surface area (Å²) in [4.78, 5) is 28.6. The Morgan fingerprint density at radius 2 is 1.57 bits per heavy atom. The van der Waals surface area contributed by atoms with Crippen molar-refractivity contribution >= 4 is 23.1 Å². The molecule has 1 heterocycles. The summed E-state index contributed by atoms with van der Waals surface area (Å²) in [5, 5.41) is 11.7. The molecule has 1 saturated heterocycles. The van der Waals surface area contributed by atoms with Crippen LogP contribution in [-0.4, -0.2) is 31.0 Å². The molecule has 3 aromatic rings. The fourth-order valence-electron chi connectivity index (χ4n) is 4.98. The lowest BCUT2D eigenvalue weighted by molar-refractivity contribution is -0.132. The van der Waals surface area contributed by atoms with Gasteiger partial charge in [-0.25, -0.2) is 0 Å². The number of methoxy groups -OCH3 is 2. The highest BCUT2D eigenvalue weighted by molar-refractivity contribution is 6.51. The first-order chi connectivity index (χ1) is 17.6. The van der Waals surface area contributed by atoms with E-state index in [4.69, 9.17) is 9.47 Å². The number of Topliss-reactive ketones (excluding diaryl/α,β-unsaturated/α-hetero) is 1. The predicted octanol–water partition coefficient (Wildman–Crippen LogP) is 6.38. The molecule has 192 valence electrons. The van der Waals surface area contributed by atoms with Crippen LogP contribution in [0.4, 0.5) is 5.69 Å². The minimum Gasteiger partial charge on any atom is -0.507 e. The normalized spacial score (nSPS) is 17.0. The third-order valence-electron chi connectivity index (χ3n) is 6.94. The first-order valence-corrected chi connectivity index (χ1v) is 12.3. The summed E-state index contributed by atoms with van der Waals surface area (Å²) in [6.07, 6.45) is 0. The molecule has 37 heavy (non-hydrogen) atoms. The highest BCUT2D eigenvalue weighted by Crippen LogP contribution is 2.44. The molecule has 0 aromatic heterocycles. The number of hydrogen-bond donors (Lipinski definition) is 1. The fourth-order valence-corrected chi connectivity index (χ4v) is 4.98. The van der Waals surface area contributed by atoms with Crippen LogP contribution in [0, 0.1) is 20.8 Å². The van der Waals surface area contributed by atoms with Crippen molar-refractivity contribution < 1.29 is 24.2 Å². The molecule has 1 unspecified atom stereocenters. The number of benzene rings is 3. The lowest BCUT2D eigenvalue weighted by atomic mass is 9.91. The Hall–Kier alpha value is -4.06. The number of nitrogens with zero attached hydrogens (tertiary/aromatic N) is 1. The van der Waals surface area contributed by atoms with Gasteiger partial charge < -0.3 is 14.6 Å². The van der Waals surface area contributed by atoms with Gasteiger partial charge in [-0.3, -0.25) is 14.5 Å². The summed E-state index contributed by atoms with van der Waals surface area (Å²) in [5.41, 5.74) is 5.43. The van der Waals surface area contributed by atoms with Gasteiger partial charge in [0.25, 0.3) is 11.7 Å². The summed E-state index contributed by atoms with van der Waals surface area (Å²) in [7, 11) is 3.19. The molecule has 0 radical (unpaired) electrons. The Bertz CT molecular complexity index is 1400. The summed E-state index contributed by atoms with van der Waals surface area (Å²) < 4.78 is 10.9. The van der Waals surface area contributed by atoms with Gasteiger partial charge in [-0.05, 0) is 79.3 Å². The fraction of sp³-hybridized carbons (Fsp3) is 0.290. The molecule has 4 rings (SSSR count). The molecular weight excluding hydrogens is 466 g/mol. The minimum absolute atomic E-state index is 0.0538. The van der Waals surface area contributed by atoms with Crippen LogP contribution in [0.15, 0.2) is 60.2 Å². The van der Waals surface area contributed by atoms with Crippen molar-refractivity contribution in [2.75, 3.05) is 19.1 Å². The van der Waals surface area contributed by atoms with Gasteiger partial charge in [-0.1, -0.05) is 43.7 Å². The van der Waals surface area contributed by atoms with Crippen molar-refractivity contribution in [3.05, 3.63) is 93.6 Å². The Balaban J connectivity index is 2.00. The number of aliphatic hydroxyl groups is 1. The lowest BCUT2D eigenvalue weighted by Gasteiger charge is -2.27. The Kier molecular flexibility index (Phi) is 7.12. The Morgan fingerprint density at radius 1 is 0.892 bits per heavy atom. The molecule has 1 fully saturated rings. The number of carbonyl (C=O) groups excluding carboxylic acids is 2. The van der Waals surface area contributed by atoms with Gasteiger partial charge in [0.2, 0.25) is 0 Å². The molecule has 0 spiro atoms. The van der Waals surface area contributed by atoms with E-state index in [2.05, 4.69) is 0 Å². The van der Waals surface area contributed by atoms with E-state index in [1.807, 2.05) is 77.1 Å². The summed E-state index contributed by atoms with van der Waals surface area (Å²) in [6.45, 7) is 9.81. The van der Waals surface area contributed by atoms with Crippen molar-refractivity contribution in [1.29, 1.82) is 0 Å². The maximum Gasteiger partial charge on any atom is 0.300 e. The molecule has 3 aromatic carbocycles. The average molecular weight is 500 g/mol. The summed E-state index contributed by atoms with van der Waals surface area (Å²) in [6, 6.07) is 15.8. The van der Waals surface area contributed by atoms with E-state index in [9.17, 15) is 14.7 Å². The first kappa shape index (κ1) is 26.0. The zero-order valence-electron chi connectivity index (χ0n) is 22.4. The molecule has 6 heteroatoms. The molecule has 0 bridgehead atoms. The number of aliphatic hydroxyl groups excluding tert-OH is 1. The monoisotopic (exact) mass is 499 g/mol. The van der Waals surface area contributed by atoms with Crippen molar-refractivity contribution in [3.63, 3.8) is 0 Å². The zero-order valence-corrected chi connectivity index (χ0v) is 22.4. The van der Waals surface area contributed by atoms with E-state index in [1.165, 1.54) is 4.90 Å². The van der Waals surface area contributed by atoms with Crippen molar-refractivity contribution in [2.24, 2.45) is 0 Å². The van der Waals surface area contributed by atoms with Crippen LogP contribution < -0.4 is 14.4 Å². The van der Waals surface area contributed by atoms with Crippen LogP contribution in [0.5, 0.6) is 11.5 Å². The second-order valence-corrected chi connectivity index (χ2v) is 9.80. The Morgan fingerprint density at radius 3 is 2.14 bits per heavy atom. The van der Waals surface area contributed by atoms with Crippen LogP contribution in [-0.2, 0) is 9.59 Å². The second kappa shape index (κ2) is 10.1. The molecule has 1 aliphatic rings. The molecule has 1 atom stereocenters. The number of hydrogen-bond acceptors (Lipinski definition) is 5. The van der Waals surface area contributed by atoms with Gasteiger partial charge in [-0.2, -0.15) is 0 Å². The highest BCUT2D eigenvalue weighted by Gasteiger charge is 2.47. The minimum atomic E-state index is -0.809. The maximum absolute atomic E-state index is 13.6. The van der Waals surface area contributed by atoms with Crippen LogP contribution in [0.3, 0.4) is 0 Å². The smallest absolute Gasteiger partial charge is 0.300 e. The van der Waals surface area contributed by atoms with Gasteiger partial charge in [0.15, 0.2) is 0 Å². The first-order valence-electron chi connectivity index (χ1n) is 12.3. The third-order valence-corrected chi connectivity index (χ3v) is 6.94. The van der Waals surface area contributed by atoms with Gasteiger partial charge in [0.05, 0.1) is 25.8 Å². The van der Waals surface area contributed by atoms with Crippen LogP contribution in [0.25, 0.3) is 5.76 Å². The van der Waals surface area contributed by atoms with Gasteiger partial charge in [-0.15, -0.1) is 0 Å². The van der Waals surface area contributed by atoms with Gasteiger partial charge >= 0.3 is 0 Å². The molecule has 1 amide bonds. The van der Waals surface area contributed by atoms with E-state index in [1.54, 1.807) is 26.4 Å². The van der Waals surface area contributed by atoms with E-state index in [0.717, 1.165) is 22.3 Å². The molecule has 0 saturated carbocycles. The molecule has 1 aliphatic heterocycles. The van der Waals surface area contributed by atoms with Crippen LogP contribution in [0.2, 0.25) is 0 Å². The van der Waals surface area contributed by atoms with Gasteiger partial charge in [0, 0.05) is 11.3 Å². The van der Waals surface area contributed by atoms with Crippen molar-refractivity contribution in [2.45, 2.75) is 46.6 Å². The lowest BCUT2D eigenvalue weighted by Crippen LogP contribution is -2.30. The number of aryl methyl sites for hydroxylation is 3. The van der Waals surface area contributed by atoms with E-state index in [-0.39, 0.29) is 17.3 Å². The number of amides is 1. The van der Waals surface area contributed by atoms with Crippen LogP contribution in [0.1, 0.15) is 59.2 Å². The number of ketones is 1. The second-order valence-electron chi connectivity index (χ2n) is 9.80. The summed E-state index contributed by atoms with van der Waals surface area (Å²) in [5.74, 6) is -0.110. The number of carbonyl (C=O) groups is 2. The molecule has 1 N–H and O–H groups in total. The third kappa shape index (κ3) is 4.59. The van der Waals surface area contributed by atoms with Crippen molar-refractivity contribution in [1.82, 2.24) is 0 Å². The Labute approximate surface area is 218 Å². The zero-order chi connectivity index (χ0) is 27.0. The van der Waals surface area contributed by atoms with E-state index < -0.39 is 17.7 Å². The van der Waals surface area contributed by atoms with Crippen molar-refractivity contribution in [3.8, 4) is 11.5 Å². The average Bonchev–Trinajstić information content (AvgIpc) is 3.13. The largest absolute Gasteiger partial charge is 0.507 e. The standard InChI is InChI=1S/C31H33NO5/c1-17(2)23-16-24(19(4)15-26(23)37-7)29(33)27-28(21-9-11-22(36-6)12-10-21)32(31(35)30(27)34)25-13-8-18(3)14-20(25)5/h8-17,28,33H,1-7H3/b29-27+. The molecule has 6 nitrogen and oxygen atoms in total. The number of rotatable bonds is 6. The highest BCUT2D eigenvalue weighted by atomic mass is 16.5. The van der Waals surface area contributed by atoms with Crippen LogP contribution >= 0.6 is 0 Å².